The van der Waals surface area contributed by atoms with Gasteiger partial charge in [0.25, 0.3) is 0 Å². The Balaban J connectivity index is 1.92. The number of sulfone groups is 1. The summed E-state index contributed by atoms with van der Waals surface area (Å²) in [6.45, 7) is 0. The fourth-order valence-corrected chi connectivity index (χ4v) is 3.98. The molecule has 3 rings (SSSR count). The van der Waals surface area contributed by atoms with Gasteiger partial charge in [-0.15, -0.1) is 0 Å². The topological polar surface area (TPSA) is 69.8 Å². The van der Waals surface area contributed by atoms with Crippen molar-refractivity contribution in [3.63, 3.8) is 0 Å². The second-order valence-corrected chi connectivity index (χ2v) is 7.21. The Labute approximate surface area is 112 Å². The fraction of sp³-hybridized carbons (Fsp3) is 0.500. The summed E-state index contributed by atoms with van der Waals surface area (Å²) < 4.78 is 27.0. The number of aromatic nitrogens is 4. The SMILES string of the molecule is Cn1ccnc1-c1nccn1C1CCS(=O)(=O)CC1. The van der Waals surface area contributed by atoms with Gasteiger partial charge in [0.1, 0.15) is 9.84 Å². The maximum absolute atomic E-state index is 11.5. The van der Waals surface area contributed by atoms with Crippen LogP contribution >= 0.6 is 0 Å². The zero-order valence-corrected chi connectivity index (χ0v) is 11.5. The molecule has 0 radical (unpaired) electrons. The van der Waals surface area contributed by atoms with Crippen LogP contribution in [0.2, 0.25) is 0 Å². The molecule has 0 spiro atoms. The van der Waals surface area contributed by atoms with Crippen LogP contribution in [0.5, 0.6) is 0 Å². The summed E-state index contributed by atoms with van der Waals surface area (Å²) in [6, 6.07) is 0.192. The molecule has 2 aromatic rings. The number of nitrogens with zero attached hydrogens (tertiary/aromatic N) is 4. The summed E-state index contributed by atoms with van der Waals surface area (Å²) in [5.74, 6) is 2.13. The Bertz CT molecular complexity index is 672. The largest absolute Gasteiger partial charge is 0.331 e. The highest BCUT2D eigenvalue weighted by atomic mass is 32.2. The highest BCUT2D eigenvalue weighted by Gasteiger charge is 2.26. The van der Waals surface area contributed by atoms with Gasteiger partial charge >= 0.3 is 0 Å². The van der Waals surface area contributed by atoms with Crippen LogP contribution in [0.15, 0.2) is 24.8 Å². The molecule has 1 aliphatic rings. The van der Waals surface area contributed by atoms with Crippen LogP contribution in [0.25, 0.3) is 11.6 Å². The number of aryl methyl sites for hydroxylation is 1. The molecule has 0 unspecified atom stereocenters. The third-order valence-electron chi connectivity index (χ3n) is 3.61. The number of rotatable bonds is 2. The van der Waals surface area contributed by atoms with Gasteiger partial charge in [-0.1, -0.05) is 0 Å². The van der Waals surface area contributed by atoms with Gasteiger partial charge in [0.15, 0.2) is 11.6 Å². The van der Waals surface area contributed by atoms with E-state index < -0.39 is 9.84 Å². The Morgan fingerprint density at radius 3 is 2.37 bits per heavy atom. The molecule has 0 atom stereocenters. The highest BCUT2D eigenvalue weighted by Crippen LogP contribution is 2.28. The number of hydrogen-bond donors (Lipinski definition) is 0. The molecule has 0 aliphatic carbocycles. The Morgan fingerprint density at radius 2 is 1.74 bits per heavy atom. The summed E-state index contributed by atoms with van der Waals surface area (Å²) in [5, 5.41) is 0. The monoisotopic (exact) mass is 280 g/mol. The zero-order chi connectivity index (χ0) is 13.5. The van der Waals surface area contributed by atoms with Gasteiger partial charge in [0.2, 0.25) is 0 Å². The molecule has 7 heteroatoms. The van der Waals surface area contributed by atoms with Gasteiger partial charge in [-0.25, -0.2) is 18.4 Å². The van der Waals surface area contributed by atoms with E-state index in [1.165, 1.54) is 0 Å². The summed E-state index contributed by atoms with van der Waals surface area (Å²) >= 11 is 0. The predicted octanol–water partition coefficient (Wildman–Crippen LogP) is 1.03. The van der Waals surface area contributed by atoms with Gasteiger partial charge in [-0.2, -0.15) is 0 Å². The minimum absolute atomic E-state index is 0.192. The van der Waals surface area contributed by atoms with Crippen LogP contribution in [0, 0.1) is 0 Å². The van der Waals surface area contributed by atoms with Crippen molar-refractivity contribution in [1.29, 1.82) is 0 Å². The molecule has 1 saturated heterocycles. The molecule has 19 heavy (non-hydrogen) atoms. The lowest BCUT2D eigenvalue weighted by molar-refractivity contribution is 0.452. The van der Waals surface area contributed by atoms with E-state index >= 15 is 0 Å². The number of hydrogen-bond acceptors (Lipinski definition) is 4. The second-order valence-electron chi connectivity index (χ2n) is 4.90. The first-order chi connectivity index (χ1) is 9.07. The van der Waals surface area contributed by atoms with Gasteiger partial charge in [-0.05, 0) is 12.8 Å². The van der Waals surface area contributed by atoms with Gasteiger partial charge < -0.3 is 9.13 Å². The first kappa shape index (κ1) is 12.4. The van der Waals surface area contributed by atoms with Gasteiger partial charge in [-0.3, -0.25) is 0 Å². The summed E-state index contributed by atoms with van der Waals surface area (Å²) in [6.07, 6.45) is 8.56. The quantitative estimate of drug-likeness (QED) is 0.824. The molecule has 6 nitrogen and oxygen atoms in total. The molecule has 1 aliphatic heterocycles. The van der Waals surface area contributed by atoms with E-state index in [0.717, 1.165) is 11.6 Å². The lowest BCUT2D eigenvalue weighted by Crippen LogP contribution is -2.25. The summed E-state index contributed by atoms with van der Waals surface area (Å²) in [4.78, 5) is 8.66. The lowest BCUT2D eigenvalue weighted by atomic mass is 10.1. The molecule has 102 valence electrons. The predicted molar refractivity (Wildman–Crippen MR) is 71.4 cm³/mol. The standard InChI is InChI=1S/C12H16N4O2S/c1-15-6-4-13-11(15)12-14-5-7-16(12)10-2-8-19(17,18)9-3-10/h4-7,10H,2-3,8-9H2,1H3. The molecular formula is C12H16N4O2S. The van der Waals surface area contributed by atoms with Crippen molar-refractivity contribution in [3.8, 4) is 11.6 Å². The second kappa shape index (κ2) is 4.48. The number of imidazole rings is 2. The third kappa shape index (κ3) is 2.30. The van der Waals surface area contributed by atoms with Crippen LogP contribution in [-0.4, -0.2) is 39.0 Å². The first-order valence-electron chi connectivity index (χ1n) is 6.28. The molecule has 0 N–H and O–H groups in total. The van der Waals surface area contributed by atoms with E-state index in [2.05, 4.69) is 14.5 Å². The molecule has 2 aromatic heterocycles. The van der Waals surface area contributed by atoms with Crippen molar-refractivity contribution >= 4 is 9.84 Å². The Morgan fingerprint density at radius 1 is 1.11 bits per heavy atom. The average Bonchev–Trinajstić information content (AvgIpc) is 2.97. The third-order valence-corrected chi connectivity index (χ3v) is 5.32. The van der Waals surface area contributed by atoms with Crippen LogP contribution in [0.3, 0.4) is 0 Å². The summed E-state index contributed by atoms with van der Waals surface area (Å²) in [7, 11) is -0.913. The first-order valence-corrected chi connectivity index (χ1v) is 8.10. The minimum Gasteiger partial charge on any atom is -0.331 e. The fourth-order valence-electron chi connectivity index (χ4n) is 2.52. The normalized spacial score (nSPS) is 19.6. The molecular weight excluding hydrogens is 264 g/mol. The summed E-state index contributed by atoms with van der Waals surface area (Å²) in [5.41, 5.74) is 0. The smallest absolute Gasteiger partial charge is 0.176 e. The molecule has 3 heterocycles. The van der Waals surface area contributed by atoms with Crippen LogP contribution in [-0.2, 0) is 16.9 Å². The Kier molecular flexibility index (Phi) is 2.93. The van der Waals surface area contributed by atoms with Gasteiger partial charge in [0, 0.05) is 37.9 Å². The molecule has 0 bridgehead atoms. The van der Waals surface area contributed by atoms with E-state index in [0.29, 0.717) is 12.8 Å². The molecule has 0 aromatic carbocycles. The van der Waals surface area contributed by atoms with Crippen molar-refractivity contribution < 1.29 is 8.42 Å². The van der Waals surface area contributed by atoms with E-state index in [1.807, 2.05) is 24.0 Å². The average molecular weight is 280 g/mol. The van der Waals surface area contributed by atoms with Crippen LogP contribution < -0.4 is 0 Å². The van der Waals surface area contributed by atoms with E-state index in [9.17, 15) is 8.42 Å². The maximum atomic E-state index is 11.5. The molecule has 0 amide bonds. The van der Waals surface area contributed by atoms with E-state index in [1.54, 1.807) is 12.4 Å². The maximum Gasteiger partial charge on any atom is 0.176 e. The van der Waals surface area contributed by atoms with Crippen molar-refractivity contribution in [3.05, 3.63) is 24.8 Å². The van der Waals surface area contributed by atoms with Crippen molar-refractivity contribution in [1.82, 2.24) is 19.1 Å². The van der Waals surface area contributed by atoms with Crippen molar-refractivity contribution in [2.75, 3.05) is 11.5 Å². The van der Waals surface area contributed by atoms with Crippen LogP contribution in [0.1, 0.15) is 18.9 Å². The van der Waals surface area contributed by atoms with E-state index in [4.69, 9.17) is 0 Å². The highest BCUT2D eigenvalue weighted by molar-refractivity contribution is 7.91. The zero-order valence-electron chi connectivity index (χ0n) is 10.7. The van der Waals surface area contributed by atoms with E-state index in [-0.39, 0.29) is 17.5 Å². The molecule has 1 fully saturated rings. The van der Waals surface area contributed by atoms with Crippen molar-refractivity contribution in [2.24, 2.45) is 7.05 Å². The van der Waals surface area contributed by atoms with Gasteiger partial charge in [0.05, 0.1) is 11.5 Å². The van der Waals surface area contributed by atoms with Crippen molar-refractivity contribution in [2.45, 2.75) is 18.9 Å². The molecule has 0 saturated carbocycles. The lowest BCUT2D eigenvalue weighted by Gasteiger charge is -2.24. The van der Waals surface area contributed by atoms with Crippen LogP contribution in [0.4, 0.5) is 0 Å². The Hall–Kier alpha value is -1.63. The minimum atomic E-state index is -2.84.